The zero-order valence-electron chi connectivity index (χ0n) is 13.7. The average molecular weight is 345 g/mol. The van der Waals surface area contributed by atoms with Crippen LogP contribution in [-0.2, 0) is 6.54 Å². The van der Waals surface area contributed by atoms with Crippen molar-refractivity contribution in [2.75, 3.05) is 0 Å². The van der Waals surface area contributed by atoms with Gasteiger partial charge in [0.2, 0.25) is 5.78 Å². The van der Waals surface area contributed by atoms with Crippen molar-refractivity contribution < 1.29 is 4.79 Å². The van der Waals surface area contributed by atoms with Crippen LogP contribution in [0.1, 0.15) is 16.1 Å². The van der Waals surface area contributed by atoms with Gasteiger partial charge in [-0.15, -0.1) is 0 Å². The van der Waals surface area contributed by atoms with Gasteiger partial charge >= 0.3 is 0 Å². The number of benzene rings is 1. The lowest BCUT2D eigenvalue weighted by molar-refractivity contribution is 0.0949. The first-order valence-corrected chi connectivity index (χ1v) is 8.06. The Morgan fingerprint density at radius 2 is 1.96 bits per heavy atom. The van der Waals surface area contributed by atoms with Crippen molar-refractivity contribution >= 4 is 11.7 Å². The average Bonchev–Trinajstić information content (AvgIpc) is 3.10. The second-order valence-electron chi connectivity index (χ2n) is 5.72. The third-order valence-electron chi connectivity index (χ3n) is 3.95. The molecule has 0 bridgehead atoms. The summed E-state index contributed by atoms with van der Waals surface area (Å²) in [6.45, 7) is 0.210. The quantitative estimate of drug-likeness (QED) is 0.592. The van der Waals surface area contributed by atoms with Crippen molar-refractivity contribution in [2.45, 2.75) is 6.54 Å². The number of aromatic nitrogens is 4. The minimum Gasteiger partial charge on any atom is -0.346 e. The van der Waals surface area contributed by atoms with E-state index in [1.807, 2.05) is 36.5 Å². The Balaban J connectivity index is 1.50. The van der Waals surface area contributed by atoms with E-state index >= 15 is 0 Å². The molecule has 0 aliphatic heterocycles. The maximum Gasteiger partial charge on any atom is 0.261 e. The summed E-state index contributed by atoms with van der Waals surface area (Å²) in [5.74, 6) is 0.109. The smallest absolute Gasteiger partial charge is 0.261 e. The molecule has 1 aromatic carbocycles. The van der Waals surface area contributed by atoms with Crippen molar-refractivity contribution in [2.24, 2.45) is 0 Å². The maximum atomic E-state index is 12.3. The van der Waals surface area contributed by atoms with E-state index in [0.29, 0.717) is 17.2 Å². The summed E-state index contributed by atoms with van der Waals surface area (Å²) in [4.78, 5) is 35.8. The van der Waals surface area contributed by atoms with Crippen molar-refractivity contribution in [3.63, 3.8) is 0 Å². The van der Waals surface area contributed by atoms with E-state index < -0.39 is 11.5 Å². The molecular formula is C19H15N5O2. The van der Waals surface area contributed by atoms with Crippen LogP contribution in [0.2, 0.25) is 0 Å². The van der Waals surface area contributed by atoms with Crippen LogP contribution >= 0.6 is 0 Å². The lowest BCUT2D eigenvalue weighted by atomic mass is 10.1. The first-order valence-electron chi connectivity index (χ1n) is 8.06. The van der Waals surface area contributed by atoms with Crippen molar-refractivity contribution in [3.8, 4) is 11.3 Å². The van der Waals surface area contributed by atoms with Crippen molar-refractivity contribution in [1.82, 2.24) is 24.7 Å². The van der Waals surface area contributed by atoms with Gasteiger partial charge in [-0.25, -0.2) is 9.97 Å². The lowest BCUT2D eigenvalue weighted by Gasteiger charge is -2.05. The lowest BCUT2D eigenvalue weighted by Crippen LogP contribution is -2.29. The number of nitrogens with zero attached hydrogens (tertiary/aromatic N) is 3. The Bertz CT molecular complexity index is 1100. The molecule has 1 amide bonds. The summed E-state index contributed by atoms with van der Waals surface area (Å²) in [6, 6.07) is 14.5. The molecule has 0 unspecified atom stereocenters. The van der Waals surface area contributed by atoms with Gasteiger partial charge in [-0.2, -0.15) is 0 Å². The highest BCUT2D eigenvalue weighted by molar-refractivity contribution is 5.94. The molecule has 26 heavy (non-hydrogen) atoms. The number of hydrogen-bond acceptors (Lipinski definition) is 4. The van der Waals surface area contributed by atoms with E-state index in [2.05, 4.69) is 20.3 Å². The molecule has 2 N–H and O–H groups in total. The van der Waals surface area contributed by atoms with E-state index in [0.717, 1.165) is 5.56 Å². The normalized spacial score (nSPS) is 10.8. The molecule has 0 saturated carbocycles. The zero-order chi connectivity index (χ0) is 17.9. The van der Waals surface area contributed by atoms with E-state index in [9.17, 15) is 9.59 Å². The Kier molecular flexibility index (Phi) is 4.03. The topological polar surface area (TPSA) is 92.2 Å². The molecule has 0 fully saturated rings. The fourth-order valence-corrected chi connectivity index (χ4v) is 2.67. The number of carbonyl (C=O) groups excluding carboxylic acids is 1. The number of rotatable bonds is 4. The van der Waals surface area contributed by atoms with Crippen LogP contribution in [0.15, 0.2) is 71.9 Å². The maximum absolute atomic E-state index is 12.3. The number of carbonyl (C=O) groups is 1. The summed E-state index contributed by atoms with van der Waals surface area (Å²) in [7, 11) is 0. The molecule has 0 aliphatic carbocycles. The van der Waals surface area contributed by atoms with Crippen LogP contribution in [0, 0.1) is 0 Å². The van der Waals surface area contributed by atoms with Crippen molar-refractivity contribution in [3.05, 3.63) is 88.7 Å². The van der Waals surface area contributed by atoms with E-state index in [1.54, 1.807) is 28.9 Å². The molecule has 3 heterocycles. The number of pyridine rings is 1. The molecule has 4 rings (SSSR count). The monoisotopic (exact) mass is 345 g/mol. The van der Waals surface area contributed by atoms with Gasteiger partial charge in [0.1, 0.15) is 5.56 Å². The molecule has 7 nitrogen and oxygen atoms in total. The molecule has 4 aromatic rings. The van der Waals surface area contributed by atoms with Gasteiger partial charge in [-0.3, -0.25) is 14.0 Å². The fourth-order valence-electron chi connectivity index (χ4n) is 2.67. The number of imidazole rings is 1. The summed E-state index contributed by atoms with van der Waals surface area (Å²) >= 11 is 0. The standard InChI is InChI=1S/C19H15N5O2/c25-17(21-11-14-12-24-10-4-9-20-19(24)22-14)15-7-8-16(23-18(15)26)13-5-2-1-3-6-13/h1-10,12H,11H2,(H,21,25)(H,23,26). The van der Waals surface area contributed by atoms with Gasteiger partial charge in [-0.1, -0.05) is 30.3 Å². The van der Waals surface area contributed by atoms with Gasteiger partial charge in [0, 0.05) is 24.3 Å². The van der Waals surface area contributed by atoms with Gasteiger partial charge in [-0.05, 0) is 23.8 Å². The van der Waals surface area contributed by atoms with Crippen LogP contribution < -0.4 is 10.9 Å². The molecule has 0 aliphatic rings. The number of aromatic amines is 1. The third kappa shape index (κ3) is 3.10. The van der Waals surface area contributed by atoms with Gasteiger partial charge in [0.05, 0.1) is 12.2 Å². The third-order valence-corrected chi connectivity index (χ3v) is 3.95. The fraction of sp³-hybridized carbons (Fsp3) is 0.0526. The molecule has 0 radical (unpaired) electrons. The van der Waals surface area contributed by atoms with Crippen LogP contribution in [0.3, 0.4) is 0 Å². The molecule has 0 spiro atoms. The Labute approximate surface area is 148 Å². The first-order chi connectivity index (χ1) is 12.7. The van der Waals surface area contributed by atoms with E-state index in [4.69, 9.17) is 0 Å². The number of H-pyrrole nitrogens is 1. The van der Waals surface area contributed by atoms with E-state index in [-0.39, 0.29) is 12.1 Å². The predicted octanol–water partition coefficient (Wildman–Crippen LogP) is 2.01. The zero-order valence-corrected chi connectivity index (χ0v) is 13.7. The SMILES string of the molecule is O=C(NCc1cn2cccnc2n1)c1ccc(-c2ccccc2)[nH]c1=O. The highest BCUT2D eigenvalue weighted by Gasteiger charge is 2.12. The summed E-state index contributed by atoms with van der Waals surface area (Å²) in [6.07, 6.45) is 5.26. The minimum atomic E-state index is -0.448. The summed E-state index contributed by atoms with van der Waals surface area (Å²) in [5, 5.41) is 2.71. The number of hydrogen-bond donors (Lipinski definition) is 2. The molecule has 3 aromatic heterocycles. The Morgan fingerprint density at radius 3 is 2.73 bits per heavy atom. The Morgan fingerprint density at radius 1 is 1.12 bits per heavy atom. The van der Waals surface area contributed by atoms with Crippen LogP contribution in [0.5, 0.6) is 0 Å². The van der Waals surface area contributed by atoms with Crippen LogP contribution in [0.4, 0.5) is 0 Å². The minimum absolute atomic E-state index is 0.0616. The largest absolute Gasteiger partial charge is 0.346 e. The highest BCUT2D eigenvalue weighted by Crippen LogP contribution is 2.14. The van der Waals surface area contributed by atoms with Crippen LogP contribution in [0.25, 0.3) is 17.0 Å². The summed E-state index contributed by atoms with van der Waals surface area (Å²) in [5.41, 5.74) is 1.84. The van der Waals surface area contributed by atoms with Gasteiger partial charge in [0.25, 0.3) is 11.5 Å². The number of amides is 1. The number of nitrogens with one attached hydrogen (secondary N) is 2. The van der Waals surface area contributed by atoms with Gasteiger partial charge < -0.3 is 10.3 Å². The Hall–Kier alpha value is -3.74. The molecule has 0 saturated heterocycles. The summed E-state index contributed by atoms with van der Waals surface area (Å²) < 4.78 is 1.77. The van der Waals surface area contributed by atoms with Crippen molar-refractivity contribution in [1.29, 1.82) is 0 Å². The van der Waals surface area contributed by atoms with Gasteiger partial charge in [0.15, 0.2) is 0 Å². The first kappa shape index (κ1) is 15.8. The highest BCUT2D eigenvalue weighted by atomic mass is 16.2. The number of fused-ring (bicyclic) bond motifs is 1. The molecule has 0 atom stereocenters. The van der Waals surface area contributed by atoms with Crippen LogP contribution in [-0.4, -0.2) is 25.3 Å². The molecule has 7 heteroatoms. The second-order valence-corrected chi connectivity index (χ2v) is 5.72. The second kappa shape index (κ2) is 6.64. The predicted molar refractivity (Wildman–Crippen MR) is 96.7 cm³/mol. The molecular weight excluding hydrogens is 330 g/mol. The van der Waals surface area contributed by atoms with E-state index in [1.165, 1.54) is 6.07 Å². The molecule has 128 valence electrons.